The molecule has 2 saturated carbocycles. The third-order valence-electron chi connectivity index (χ3n) is 3.79. The van der Waals surface area contributed by atoms with Crippen LogP contribution in [0.1, 0.15) is 30.7 Å². The molecule has 0 aromatic heterocycles. The lowest BCUT2D eigenvalue weighted by atomic mass is 10.1. The smallest absolute Gasteiger partial charge is 0.123 e. The minimum absolute atomic E-state index is 0.321. The largest absolute Gasteiger partial charge is 0.508 e. The minimum Gasteiger partial charge on any atom is -0.508 e. The van der Waals surface area contributed by atoms with Gasteiger partial charge in [0.2, 0.25) is 0 Å². The second kappa shape index (κ2) is 4.22. The minimum atomic E-state index is 0.321. The van der Waals surface area contributed by atoms with Crippen LogP contribution in [0.3, 0.4) is 0 Å². The first kappa shape index (κ1) is 10.9. The van der Waals surface area contributed by atoms with Crippen LogP contribution in [-0.2, 0) is 0 Å². The molecule has 1 aromatic carbocycles. The molecule has 92 valence electrons. The summed E-state index contributed by atoms with van der Waals surface area (Å²) in [7, 11) is 0. The van der Waals surface area contributed by atoms with E-state index in [4.69, 9.17) is 10.5 Å². The fourth-order valence-corrected chi connectivity index (χ4v) is 2.34. The van der Waals surface area contributed by atoms with E-state index in [0.29, 0.717) is 17.6 Å². The Morgan fingerprint density at radius 2 is 2.18 bits per heavy atom. The number of phenolic OH excluding ortho intramolecular Hbond substituents is 1. The Morgan fingerprint density at radius 3 is 2.82 bits per heavy atom. The van der Waals surface area contributed by atoms with Gasteiger partial charge in [0.25, 0.3) is 0 Å². The number of rotatable bonds is 5. The lowest BCUT2D eigenvalue weighted by Gasteiger charge is -2.11. The molecule has 3 nitrogen and oxygen atoms in total. The van der Waals surface area contributed by atoms with E-state index in [-0.39, 0.29) is 0 Å². The summed E-state index contributed by atoms with van der Waals surface area (Å²) in [6.07, 6.45) is 3.71. The van der Waals surface area contributed by atoms with Crippen molar-refractivity contribution < 1.29 is 9.84 Å². The number of phenols is 1. The van der Waals surface area contributed by atoms with Crippen LogP contribution in [0, 0.1) is 11.8 Å². The van der Waals surface area contributed by atoms with Gasteiger partial charge in [0.1, 0.15) is 11.5 Å². The molecule has 2 fully saturated rings. The van der Waals surface area contributed by atoms with Crippen molar-refractivity contribution in [1.82, 2.24) is 0 Å². The van der Waals surface area contributed by atoms with Crippen molar-refractivity contribution in [3.8, 4) is 11.5 Å². The Hall–Kier alpha value is -1.22. The van der Waals surface area contributed by atoms with Crippen molar-refractivity contribution in [3.63, 3.8) is 0 Å². The van der Waals surface area contributed by atoms with Crippen LogP contribution in [-0.4, -0.2) is 18.3 Å². The van der Waals surface area contributed by atoms with Gasteiger partial charge < -0.3 is 15.6 Å². The number of nitrogens with two attached hydrogens (primary N) is 1. The zero-order chi connectivity index (χ0) is 11.8. The Morgan fingerprint density at radius 1 is 1.35 bits per heavy atom. The number of aromatic hydroxyl groups is 1. The number of ether oxygens (including phenoxy) is 1. The van der Waals surface area contributed by atoms with Crippen molar-refractivity contribution in [2.24, 2.45) is 17.6 Å². The second-order valence-corrected chi connectivity index (χ2v) is 5.31. The summed E-state index contributed by atoms with van der Waals surface area (Å²) in [6, 6.07) is 5.42. The van der Waals surface area contributed by atoms with Gasteiger partial charge in [0, 0.05) is 5.56 Å². The standard InChI is InChI=1S/C14H19NO2/c15-7-10-5-12(10)13-6-11(16)3-4-14(13)17-8-9-1-2-9/h3-4,6,9-10,12,16H,1-2,5,7-8,15H2/t10-,12-/m0/s1. The summed E-state index contributed by atoms with van der Waals surface area (Å²) in [6.45, 7) is 1.54. The highest BCUT2D eigenvalue weighted by Gasteiger charge is 2.39. The summed E-state index contributed by atoms with van der Waals surface area (Å²) in [5.74, 6) is 3.07. The van der Waals surface area contributed by atoms with Gasteiger partial charge in [0.15, 0.2) is 0 Å². The lowest BCUT2D eigenvalue weighted by molar-refractivity contribution is 0.296. The average Bonchev–Trinajstić information content (AvgIpc) is 3.21. The predicted molar refractivity (Wildman–Crippen MR) is 66.2 cm³/mol. The van der Waals surface area contributed by atoms with E-state index in [9.17, 15) is 5.11 Å². The molecule has 0 amide bonds. The highest BCUT2D eigenvalue weighted by molar-refractivity contribution is 5.44. The second-order valence-electron chi connectivity index (χ2n) is 5.31. The summed E-state index contributed by atoms with van der Waals surface area (Å²) < 4.78 is 5.86. The van der Waals surface area contributed by atoms with Crippen LogP contribution in [0.25, 0.3) is 0 Å². The van der Waals surface area contributed by atoms with Gasteiger partial charge in [-0.1, -0.05) is 0 Å². The predicted octanol–water partition coefficient (Wildman–Crippen LogP) is 2.24. The van der Waals surface area contributed by atoms with Crippen LogP contribution in [0.5, 0.6) is 11.5 Å². The van der Waals surface area contributed by atoms with Crippen molar-refractivity contribution in [2.45, 2.75) is 25.2 Å². The van der Waals surface area contributed by atoms with Crippen LogP contribution in [0.2, 0.25) is 0 Å². The number of benzene rings is 1. The van der Waals surface area contributed by atoms with Crippen LogP contribution >= 0.6 is 0 Å². The quantitative estimate of drug-likeness (QED) is 0.820. The van der Waals surface area contributed by atoms with E-state index in [0.717, 1.165) is 36.8 Å². The molecule has 3 heteroatoms. The molecule has 0 spiro atoms. The number of hydrogen-bond acceptors (Lipinski definition) is 3. The van der Waals surface area contributed by atoms with E-state index in [1.54, 1.807) is 6.07 Å². The fraction of sp³-hybridized carbons (Fsp3) is 0.571. The summed E-state index contributed by atoms with van der Waals surface area (Å²) in [5, 5.41) is 9.58. The van der Waals surface area contributed by atoms with Gasteiger partial charge in [-0.25, -0.2) is 0 Å². The molecule has 0 saturated heterocycles. The molecule has 3 N–H and O–H groups in total. The third kappa shape index (κ3) is 2.39. The Balaban J connectivity index is 1.75. The summed E-state index contributed by atoms with van der Waals surface area (Å²) >= 11 is 0. The molecule has 1 aromatic rings. The topological polar surface area (TPSA) is 55.5 Å². The maximum atomic E-state index is 9.58. The Bertz CT molecular complexity index is 415. The monoisotopic (exact) mass is 233 g/mol. The van der Waals surface area contributed by atoms with Crippen molar-refractivity contribution in [1.29, 1.82) is 0 Å². The molecule has 0 bridgehead atoms. The molecule has 2 atom stereocenters. The van der Waals surface area contributed by atoms with E-state index in [2.05, 4.69) is 0 Å². The zero-order valence-electron chi connectivity index (χ0n) is 9.93. The third-order valence-corrected chi connectivity index (χ3v) is 3.79. The first-order valence-corrected chi connectivity index (χ1v) is 6.43. The Kier molecular flexibility index (Phi) is 2.71. The average molecular weight is 233 g/mol. The van der Waals surface area contributed by atoms with Gasteiger partial charge in [-0.05, 0) is 61.8 Å². The Labute approximate surface area is 102 Å². The fourth-order valence-electron chi connectivity index (χ4n) is 2.34. The van der Waals surface area contributed by atoms with E-state index in [1.165, 1.54) is 12.8 Å². The molecule has 0 radical (unpaired) electrons. The van der Waals surface area contributed by atoms with Gasteiger partial charge in [-0.15, -0.1) is 0 Å². The molecule has 3 rings (SSSR count). The van der Waals surface area contributed by atoms with Gasteiger partial charge in [0.05, 0.1) is 6.61 Å². The molecule has 17 heavy (non-hydrogen) atoms. The van der Waals surface area contributed by atoms with E-state index < -0.39 is 0 Å². The maximum absolute atomic E-state index is 9.58. The van der Waals surface area contributed by atoms with E-state index >= 15 is 0 Å². The SMILES string of the molecule is NC[C@@H]1C[C@@H]1c1cc(O)ccc1OCC1CC1. The van der Waals surface area contributed by atoms with Crippen LogP contribution in [0.15, 0.2) is 18.2 Å². The molecule has 0 aliphatic heterocycles. The normalized spacial score (nSPS) is 26.9. The lowest BCUT2D eigenvalue weighted by Crippen LogP contribution is -2.04. The first-order valence-electron chi connectivity index (χ1n) is 6.43. The van der Waals surface area contributed by atoms with E-state index in [1.807, 2.05) is 12.1 Å². The first-order chi connectivity index (χ1) is 8.28. The molecular weight excluding hydrogens is 214 g/mol. The van der Waals surface area contributed by atoms with Crippen molar-refractivity contribution >= 4 is 0 Å². The van der Waals surface area contributed by atoms with Gasteiger partial charge >= 0.3 is 0 Å². The molecule has 2 aliphatic carbocycles. The highest BCUT2D eigenvalue weighted by Crippen LogP contribution is 2.50. The zero-order valence-corrected chi connectivity index (χ0v) is 9.93. The van der Waals surface area contributed by atoms with Crippen molar-refractivity contribution in [2.75, 3.05) is 13.2 Å². The molecule has 0 heterocycles. The maximum Gasteiger partial charge on any atom is 0.123 e. The summed E-state index contributed by atoms with van der Waals surface area (Å²) in [4.78, 5) is 0. The molecule has 2 aliphatic rings. The molecular formula is C14H19NO2. The van der Waals surface area contributed by atoms with Crippen LogP contribution in [0.4, 0.5) is 0 Å². The van der Waals surface area contributed by atoms with Crippen LogP contribution < -0.4 is 10.5 Å². The van der Waals surface area contributed by atoms with Gasteiger partial charge in [-0.2, -0.15) is 0 Å². The van der Waals surface area contributed by atoms with Gasteiger partial charge in [-0.3, -0.25) is 0 Å². The van der Waals surface area contributed by atoms with Crippen molar-refractivity contribution in [3.05, 3.63) is 23.8 Å². The summed E-state index contributed by atoms with van der Waals surface area (Å²) in [5.41, 5.74) is 6.82. The number of hydrogen-bond donors (Lipinski definition) is 2. The molecule has 0 unspecified atom stereocenters. The highest BCUT2D eigenvalue weighted by atomic mass is 16.5.